The van der Waals surface area contributed by atoms with E-state index in [1.54, 1.807) is 0 Å². The van der Waals surface area contributed by atoms with Crippen molar-refractivity contribution < 1.29 is 4.79 Å². The molecule has 0 spiro atoms. The summed E-state index contributed by atoms with van der Waals surface area (Å²) in [6.07, 6.45) is 3.01. The van der Waals surface area contributed by atoms with Crippen molar-refractivity contribution in [3.8, 4) is 0 Å². The molecule has 88 valence electrons. The Bertz CT molecular complexity index is 208. The molecule has 0 aromatic carbocycles. The molecule has 0 radical (unpaired) electrons. The van der Waals surface area contributed by atoms with Crippen molar-refractivity contribution >= 4 is 5.91 Å². The number of hydrogen-bond donors (Lipinski definition) is 1. The molecule has 3 atom stereocenters. The van der Waals surface area contributed by atoms with Crippen molar-refractivity contribution in [2.24, 2.45) is 17.6 Å². The van der Waals surface area contributed by atoms with Crippen molar-refractivity contribution in [2.45, 2.75) is 46.1 Å². The van der Waals surface area contributed by atoms with Crippen LogP contribution < -0.4 is 5.73 Å². The van der Waals surface area contributed by atoms with Gasteiger partial charge in [0.1, 0.15) is 0 Å². The van der Waals surface area contributed by atoms with Crippen LogP contribution in [0.2, 0.25) is 0 Å². The third kappa shape index (κ3) is 3.49. The highest BCUT2D eigenvalue weighted by molar-refractivity contribution is 5.81. The highest BCUT2D eigenvalue weighted by atomic mass is 16.2. The molecule has 0 aromatic rings. The first-order valence-electron chi connectivity index (χ1n) is 6.09. The molecule has 3 heteroatoms. The maximum Gasteiger partial charge on any atom is 0.239 e. The van der Waals surface area contributed by atoms with E-state index in [1.165, 1.54) is 6.42 Å². The minimum Gasteiger partial charge on any atom is -0.341 e. The standard InChI is InChI=1S/C12H24N2O/c1-4-5-11(13)12(15)14-7-9(2)6-10(3)8-14/h9-11H,4-8,13H2,1-3H3/t9?,10?,11-/m0/s1. The Balaban J connectivity index is 2.51. The summed E-state index contributed by atoms with van der Waals surface area (Å²) in [5.41, 5.74) is 5.86. The summed E-state index contributed by atoms with van der Waals surface area (Å²) in [6, 6.07) is -0.285. The first kappa shape index (κ1) is 12.5. The van der Waals surface area contributed by atoms with Crippen LogP contribution in [0.5, 0.6) is 0 Å². The minimum absolute atomic E-state index is 0.148. The molecular weight excluding hydrogens is 188 g/mol. The molecule has 0 saturated carbocycles. The van der Waals surface area contributed by atoms with Gasteiger partial charge in [0.2, 0.25) is 5.91 Å². The van der Waals surface area contributed by atoms with Crippen molar-refractivity contribution in [3.63, 3.8) is 0 Å². The molecule has 1 aliphatic heterocycles. The topological polar surface area (TPSA) is 46.3 Å². The summed E-state index contributed by atoms with van der Waals surface area (Å²) in [4.78, 5) is 13.9. The summed E-state index contributed by atoms with van der Waals surface area (Å²) in [7, 11) is 0. The smallest absolute Gasteiger partial charge is 0.239 e. The van der Waals surface area contributed by atoms with Gasteiger partial charge in [-0.25, -0.2) is 0 Å². The van der Waals surface area contributed by atoms with Gasteiger partial charge >= 0.3 is 0 Å². The fraction of sp³-hybridized carbons (Fsp3) is 0.917. The molecule has 0 aromatic heterocycles. The van der Waals surface area contributed by atoms with Crippen molar-refractivity contribution in [1.82, 2.24) is 4.90 Å². The summed E-state index contributed by atoms with van der Waals surface area (Å²) < 4.78 is 0. The number of likely N-dealkylation sites (tertiary alicyclic amines) is 1. The maximum absolute atomic E-state index is 12.0. The van der Waals surface area contributed by atoms with E-state index in [0.29, 0.717) is 11.8 Å². The van der Waals surface area contributed by atoms with Gasteiger partial charge in [-0.15, -0.1) is 0 Å². The van der Waals surface area contributed by atoms with Gasteiger partial charge in [-0.2, -0.15) is 0 Å². The summed E-state index contributed by atoms with van der Waals surface area (Å²) >= 11 is 0. The van der Waals surface area contributed by atoms with Crippen LogP contribution in [0.1, 0.15) is 40.0 Å². The number of nitrogens with zero attached hydrogens (tertiary/aromatic N) is 1. The molecule has 1 aliphatic rings. The number of piperidine rings is 1. The van der Waals surface area contributed by atoms with E-state index in [4.69, 9.17) is 5.73 Å². The van der Waals surface area contributed by atoms with Crippen molar-refractivity contribution in [3.05, 3.63) is 0 Å². The predicted molar refractivity (Wildman–Crippen MR) is 62.4 cm³/mol. The Kier molecular flexibility index (Phi) is 4.58. The number of carbonyl (C=O) groups is 1. The van der Waals surface area contributed by atoms with Gasteiger partial charge < -0.3 is 10.6 Å². The van der Waals surface area contributed by atoms with Gasteiger partial charge in [-0.05, 0) is 24.7 Å². The largest absolute Gasteiger partial charge is 0.341 e. The Hall–Kier alpha value is -0.570. The number of nitrogens with two attached hydrogens (primary N) is 1. The lowest BCUT2D eigenvalue weighted by Crippen LogP contribution is -2.49. The van der Waals surface area contributed by atoms with Crippen LogP contribution in [-0.4, -0.2) is 29.9 Å². The third-order valence-corrected chi connectivity index (χ3v) is 3.10. The number of carbonyl (C=O) groups excluding carboxylic acids is 1. The Labute approximate surface area is 93.0 Å². The first-order valence-corrected chi connectivity index (χ1v) is 6.09. The zero-order chi connectivity index (χ0) is 11.4. The minimum atomic E-state index is -0.285. The van der Waals surface area contributed by atoms with Crippen LogP contribution in [0.4, 0.5) is 0 Å². The van der Waals surface area contributed by atoms with Crippen molar-refractivity contribution in [1.29, 1.82) is 0 Å². The third-order valence-electron chi connectivity index (χ3n) is 3.10. The van der Waals surface area contributed by atoms with Crippen LogP contribution >= 0.6 is 0 Å². The molecule has 3 nitrogen and oxygen atoms in total. The second-order valence-electron chi connectivity index (χ2n) is 5.08. The molecule has 0 aliphatic carbocycles. The first-order chi connectivity index (χ1) is 7.04. The molecule has 1 heterocycles. The molecule has 1 amide bonds. The van der Waals surface area contributed by atoms with Gasteiger partial charge in [-0.1, -0.05) is 27.2 Å². The van der Waals surface area contributed by atoms with Crippen LogP contribution in [0.25, 0.3) is 0 Å². The molecule has 1 fully saturated rings. The van der Waals surface area contributed by atoms with Crippen LogP contribution in [0.3, 0.4) is 0 Å². The molecule has 2 unspecified atom stereocenters. The molecular formula is C12H24N2O. The summed E-state index contributed by atoms with van der Waals surface area (Å²) in [6.45, 7) is 8.26. The Morgan fingerprint density at radius 3 is 2.40 bits per heavy atom. The van der Waals surface area contributed by atoms with E-state index in [1.807, 2.05) is 4.90 Å². The van der Waals surface area contributed by atoms with E-state index in [9.17, 15) is 4.79 Å². The normalized spacial score (nSPS) is 28.9. The lowest BCUT2D eigenvalue weighted by Gasteiger charge is -2.36. The van der Waals surface area contributed by atoms with E-state index in [0.717, 1.165) is 25.9 Å². The Morgan fingerprint density at radius 1 is 1.40 bits per heavy atom. The van der Waals surface area contributed by atoms with E-state index >= 15 is 0 Å². The highest BCUT2D eigenvalue weighted by Gasteiger charge is 2.27. The van der Waals surface area contributed by atoms with E-state index in [2.05, 4.69) is 20.8 Å². The molecule has 1 saturated heterocycles. The van der Waals surface area contributed by atoms with Crippen molar-refractivity contribution in [2.75, 3.05) is 13.1 Å². The van der Waals surface area contributed by atoms with Crippen LogP contribution in [-0.2, 0) is 4.79 Å². The lowest BCUT2D eigenvalue weighted by molar-refractivity contribution is -0.135. The van der Waals surface area contributed by atoms with E-state index < -0.39 is 0 Å². The number of rotatable bonds is 3. The fourth-order valence-electron chi connectivity index (χ4n) is 2.51. The van der Waals surface area contributed by atoms with E-state index in [-0.39, 0.29) is 11.9 Å². The predicted octanol–water partition coefficient (Wildman–Crippen LogP) is 1.62. The second kappa shape index (κ2) is 5.50. The molecule has 2 N–H and O–H groups in total. The van der Waals surface area contributed by atoms with Crippen LogP contribution in [0.15, 0.2) is 0 Å². The highest BCUT2D eigenvalue weighted by Crippen LogP contribution is 2.21. The van der Waals surface area contributed by atoms with Gasteiger partial charge in [0, 0.05) is 13.1 Å². The van der Waals surface area contributed by atoms with Gasteiger partial charge in [0.25, 0.3) is 0 Å². The average molecular weight is 212 g/mol. The van der Waals surface area contributed by atoms with Gasteiger partial charge in [0.15, 0.2) is 0 Å². The quantitative estimate of drug-likeness (QED) is 0.772. The summed E-state index contributed by atoms with van der Waals surface area (Å²) in [5.74, 6) is 1.38. The Morgan fingerprint density at radius 2 is 1.93 bits per heavy atom. The molecule has 15 heavy (non-hydrogen) atoms. The molecule has 1 rings (SSSR count). The fourth-order valence-corrected chi connectivity index (χ4v) is 2.51. The maximum atomic E-state index is 12.0. The van der Waals surface area contributed by atoms with Gasteiger partial charge in [0.05, 0.1) is 6.04 Å². The number of amides is 1. The average Bonchev–Trinajstić information content (AvgIpc) is 2.15. The summed E-state index contributed by atoms with van der Waals surface area (Å²) in [5, 5.41) is 0. The second-order valence-corrected chi connectivity index (χ2v) is 5.08. The molecule has 0 bridgehead atoms. The van der Waals surface area contributed by atoms with Crippen LogP contribution in [0, 0.1) is 11.8 Å². The zero-order valence-corrected chi connectivity index (χ0v) is 10.2. The monoisotopic (exact) mass is 212 g/mol. The number of hydrogen-bond acceptors (Lipinski definition) is 2. The van der Waals surface area contributed by atoms with Gasteiger partial charge in [-0.3, -0.25) is 4.79 Å². The zero-order valence-electron chi connectivity index (χ0n) is 10.2. The lowest BCUT2D eigenvalue weighted by atomic mass is 9.91. The SMILES string of the molecule is CCC[C@H](N)C(=O)N1CC(C)CC(C)C1.